The van der Waals surface area contributed by atoms with E-state index in [-0.39, 0.29) is 23.8 Å². The van der Waals surface area contributed by atoms with Crippen LogP contribution in [0.2, 0.25) is 0 Å². The maximum atomic E-state index is 12.5. The van der Waals surface area contributed by atoms with Crippen LogP contribution in [0.15, 0.2) is 18.2 Å². The molecule has 3 saturated heterocycles. The number of aryl methyl sites for hydroxylation is 1. The number of nitrogens with two attached hydrogens (primary N) is 1. The van der Waals surface area contributed by atoms with Gasteiger partial charge in [-0.15, -0.1) is 0 Å². The number of hydrogen-bond acceptors (Lipinski definition) is 5. The van der Waals surface area contributed by atoms with Crippen molar-refractivity contribution in [1.29, 1.82) is 0 Å². The summed E-state index contributed by atoms with van der Waals surface area (Å²) < 4.78 is 11.4. The number of benzene rings is 1. The molecule has 1 aromatic rings. The number of amides is 2. The Morgan fingerprint density at radius 2 is 2.03 bits per heavy atom. The quantitative estimate of drug-likeness (QED) is 0.782. The number of rotatable bonds is 6. The third kappa shape index (κ3) is 3.92. The van der Waals surface area contributed by atoms with Crippen LogP contribution < -0.4 is 15.2 Å². The van der Waals surface area contributed by atoms with Gasteiger partial charge in [0, 0.05) is 38.0 Å². The Bertz CT molecular complexity index is 783. The lowest BCUT2D eigenvalue weighted by molar-refractivity contribution is -0.159. The molecule has 3 fully saturated rings. The number of piperidine rings is 3. The van der Waals surface area contributed by atoms with Crippen LogP contribution in [0.4, 0.5) is 0 Å². The van der Waals surface area contributed by atoms with Crippen LogP contribution >= 0.6 is 0 Å². The van der Waals surface area contributed by atoms with Gasteiger partial charge in [0.05, 0.1) is 7.11 Å². The standard InChI is InChI=1S/C22H31N3O4/c1-14-6-7-18(19(10-14)28-2)29-9-8-24-12-15-11-16(13-24)21(22(23)27)25-17(15)4-3-5-20(25)26/h6-7,10,15-17,21H,3-5,8-9,11-13H2,1-2H3,(H2,23,27)/t15-,16+,17+,21-/m1/s1. The summed E-state index contributed by atoms with van der Waals surface area (Å²) in [6.07, 6.45) is 3.39. The van der Waals surface area contributed by atoms with Gasteiger partial charge in [-0.25, -0.2) is 0 Å². The van der Waals surface area contributed by atoms with Crippen LogP contribution in [0.1, 0.15) is 31.2 Å². The molecule has 1 aromatic carbocycles. The maximum absolute atomic E-state index is 12.5. The Hall–Kier alpha value is -2.28. The first-order valence-electron chi connectivity index (χ1n) is 10.6. The number of ether oxygens (including phenoxy) is 2. The molecule has 0 radical (unpaired) electrons. The molecule has 0 unspecified atom stereocenters. The van der Waals surface area contributed by atoms with Gasteiger partial charge >= 0.3 is 0 Å². The lowest BCUT2D eigenvalue weighted by Gasteiger charge is -2.55. The Kier molecular flexibility index (Phi) is 5.67. The van der Waals surface area contributed by atoms with Crippen LogP contribution in [0.25, 0.3) is 0 Å². The molecule has 2 amide bonds. The van der Waals surface area contributed by atoms with Crippen molar-refractivity contribution in [3.8, 4) is 11.5 Å². The minimum atomic E-state index is -0.468. The lowest BCUT2D eigenvalue weighted by Crippen LogP contribution is -2.68. The summed E-state index contributed by atoms with van der Waals surface area (Å²) >= 11 is 0. The summed E-state index contributed by atoms with van der Waals surface area (Å²) in [5.41, 5.74) is 6.87. The fourth-order valence-electron chi connectivity index (χ4n) is 5.48. The lowest BCUT2D eigenvalue weighted by atomic mass is 9.72. The predicted molar refractivity (Wildman–Crippen MR) is 109 cm³/mol. The molecule has 7 nitrogen and oxygen atoms in total. The number of primary amides is 1. The molecule has 0 aliphatic carbocycles. The molecule has 158 valence electrons. The molecule has 29 heavy (non-hydrogen) atoms. The van der Waals surface area contributed by atoms with E-state index in [4.69, 9.17) is 15.2 Å². The molecule has 3 heterocycles. The van der Waals surface area contributed by atoms with E-state index in [1.807, 2.05) is 30.0 Å². The summed E-state index contributed by atoms with van der Waals surface area (Å²) in [5, 5.41) is 0. The zero-order chi connectivity index (χ0) is 20.5. The molecule has 2 N–H and O–H groups in total. The Morgan fingerprint density at radius 3 is 2.79 bits per heavy atom. The molecule has 0 spiro atoms. The van der Waals surface area contributed by atoms with Crippen molar-refractivity contribution in [2.75, 3.05) is 33.4 Å². The number of carbonyl (C=O) groups excluding carboxylic acids is 2. The number of carbonyl (C=O) groups is 2. The topological polar surface area (TPSA) is 85.1 Å². The van der Waals surface area contributed by atoms with Gasteiger partial charge in [-0.1, -0.05) is 6.07 Å². The highest BCUT2D eigenvalue weighted by Gasteiger charge is 2.51. The third-order valence-corrected chi connectivity index (χ3v) is 6.69. The molecular formula is C22H31N3O4. The van der Waals surface area contributed by atoms with Gasteiger partial charge in [0.1, 0.15) is 12.6 Å². The normalized spacial score (nSPS) is 29.3. The molecule has 4 rings (SSSR count). The fourth-order valence-corrected chi connectivity index (χ4v) is 5.48. The van der Waals surface area contributed by atoms with E-state index in [1.54, 1.807) is 7.11 Å². The second-order valence-electron chi connectivity index (χ2n) is 8.63. The third-order valence-electron chi connectivity index (χ3n) is 6.69. The first-order valence-corrected chi connectivity index (χ1v) is 10.6. The summed E-state index contributed by atoms with van der Waals surface area (Å²) in [4.78, 5) is 29.0. The van der Waals surface area contributed by atoms with Crippen LogP contribution in [0, 0.1) is 18.8 Å². The molecular weight excluding hydrogens is 370 g/mol. The summed E-state index contributed by atoms with van der Waals surface area (Å²) in [6.45, 7) is 5.05. The SMILES string of the molecule is COc1cc(C)ccc1OCCN1C[C@H]2C[C@@H](C1)[C@H](C(N)=O)N1C(=O)CCC[C@@H]21. The smallest absolute Gasteiger partial charge is 0.240 e. The van der Waals surface area contributed by atoms with E-state index in [2.05, 4.69) is 4.90 Å². The number of likely N-dealkylation sites (tertiary alicyclic amines) is 1. The summed E-state index contributed by atoms with van der Waals surface area (Å²) in [6, 6.07) is 5.59. The van der Waals surface area contributed by atoms with Gasteiger partial charge in [0.15, 0.2) is 11.5 Å². The van der Waals surface area contributed by atoms with Crippen molar-refractivity contribution in [3.05, 3.63) is 23.8 Å². The minimum absolute atomic E-state index is 0.1000. The van der Waals surface area contributed by atoms with E-state index in [1.165, 1.54) is 0 Å². The molecule has 7 heteroatoms. The second-order valence-corrected chi connectivity index (χ2v) is 8.63. The van der Waals surface area contributed by atoms with Crippen molar-refractivity contribution in [2.24, 2.45) is 17.6 Å². The Balaban J connectivity index is 1.41. The monoisotopic (exact) mass is 401 g/mol. The molecule has 4 atom stereocenters. The van der Waals surface area contributed by atoms with E-state index in [0.29, 0.717) is 18.9 Å². The van der Waals surface area contributed by atoms with Crippen molar-refractivity contribution in [3.63, 3.8) is 0 Å². The van der Waals surface area contributed by atoms with Gasteiger partial charge in [0.2, 0.25) is 11.8 Å². The first-order chi connectivity index (χ1) is 14.0. The largest absolute Gasteiger partial charge is 0.493 e. The van der Waals surface area contributed by atoms with E-state index in [9.17, 15) is 9.59 Å². The number of hydrogen-bond donors (Lipinski definition) is 1. The average Bonchev–Trinajstić information content (AvgIpc) is 2.69. The van der Waals surface area contributed by atoms with Crippen LogP contribution in [0.5, 0.6) is 11.5 Å². The summed E-state index contributed by atoms with van der Waals surface area (Å²) in [7, 11) is 1.65. The van der Waals surface area contributed by atoms with Gasteiger partial charge < -0.3 is 20.1 Å². The van der Waals surface area contributed by atoms with Gasteiger partial charge in [-0.05, 0) is 49.8 Å². The zero-order valence-corrected chi connectivity index (χ0v) is 17.3. The Labute approximate surface area is 172 Å². The number of fused-ring (bicyclic) bond motifs is 4. The Morgan fingerprint density at radius 1 is 1.24 bits per heavy atom. The van der Waals surface area contributed by atoms with Crippen molar-refractivity contribution in [2.45, 2.75) is 44.7 Å². The summed E-state index contributed by atoms with van der Waals surface area (Å²) in [5.74, 6) is 1.74. The molecule has 0 aromatic heterocycles. The van der Waals surface area contributed by atoms with Crippen molar-refractivity contribution in [1.82, 2.24) is 9.80 Å². The minimum Gasteiger partial charge on any atom is -0.493 e. The average molecular weight is 402 g/mol. The van der Waals surface area contributed by atoms with E-state index >= 15 is 0 Å². The van der Waals surface area contributed by atoms with E-state index < -0.39 is 6.04 Å². The number of nitrogens with zero attached hydrogens (tertiary/aromatic N) is 2. The highest BCUT2D eigenvalue weighted by molar-refractivity contribution is 5.88. The first kappa shape index (κ1) is 20.0. The van der Waals surface area contributed by atoms with E-state index in [0.717, 1.165) is 56.0 Å². The van der Waals surface area contributed by atoms with Crippen molar-refractivity contribution < 1.29 is 19.1 Å². The molecule has 0 saturated carbocycles. The zero-order valence-electron chi connectivity index (χ0n) is 17.3. The fraction of sp³-hybridized carbons (Fsp3) is 0.636. The van der Waals surface area contributed by atoms with Crippen molar-refractivity contribution >= 4 is 11.8 Å². The second kappa shape index (κ2) is 8.22. The predicted octanol–water partition coefficient (Wildman–Crippen LogP) is 1.57. The van der Waals surface area contributed by atoms with Crippen LogP contribution in [-0.4, -0.2) is 67.0 Å². The maximum Gasteiger partial charge on any atom is 0.240 e. The van der Waals surface area contributed by atoms with Crippen LogP contribution in [0.3, 0.4) is 0 Å². The number of methoxy groups -OCH3 is 1. The highest BCUT2D eigenvalue weighted by Crippen LogP contribution is 2.41. The van der Waals surface area contributed by atoms with Gasteiger partial charge in [0.25, 0.3) is 0 Å². The highest BCUT2D eigenvalue weighted by atomic mass is 16.5. The van der Waals surface area contributed by atoms with Crippen LogP contribution in [-0.2, 0) is 9.59 Å². The molecule has 3 aliphatic rings. The molecule has 3 aliphatic heterocycles. The van der Waals surface area contributed by atoms with Gasteiger partial charge in [-0.3, -0.25) is 14.5 Å². The van der Waals surface area contributed by atoms with Gasteiger partial charge in [-0.2, -0.15) is 0 Å². The molecule has 2 bridgehead atoms.